The monoisotopic (exact) mass is 324 g/mol. The normalized spacial score (nSPS) is 13.0. The van der Waals surface area contributed by atoms with Crippen molar-refractivity contribution in [1.29, 1.82) is 0 Å². The van der Waals surface area contributed by atoms with Gasteiger partial charge in [-0.25, -0.2) is 0 Å². The third-order valence-corrected chi connectivity index (χ3v) is 4.10. The molecule has 2 amide bonds. The average molecular weight is 324 g/mol. The fourth-order valence-corrected chi connectivity index (χ4v) is 2.46. The lowest BCUT2D eigenvalue weighted by molar-refractivity contribution is -0.119. The van der Waals surface area contributed by atoms with Gasteiger partial charge in [0.1, 0.15) is 6.04 Å². The van der Waals surface area contributed by atoms with Gasteiger partial charge in [0.05, 0.1) is 0 Å². The molecule has 0 aliphatic heterocycles. The van der Waals surface area contributed by atoms with E-state index in [-0.39, 0.29) is 17.7 Å². The Hall–Kier alpha value is -2.62. The highest BCUT2D eigenvalue weighted by molar-refractivity contribution is 6.01. The number of carbonyl (C=O) groups is 2. The van der Waals surface area contributed by atoms with Gasteiger partial charge in [-0.3, -0.25) is 9.59 Å². The molecule has 2 unspecified atom stereocenters. The van der Waals surface area contributed by atoms with E-state index in [4.69, 9.17) is 0 Å². The van der Waals surface area contributed by atoms with E-state index in [1.165, 1.54) is 0 Å². The van der Waals surface area contributed by atoms with Gasteiger partial charge < -0.3 is 10.6 Å². The predicted octanol–water partition coefficient (Wildman–Crippen LogP) is 3.78. The van der Waals surface area contributed by atoms with Crippen LogP contribution in [0.3, 0.4) is 0 Å². The molecule has 0 aromatic heterocycles. The molecule has 4 heteroatoms. The van der Waals surface area contributed by atoms with Crippen LogP contribution < -0.4 is 10.6 Å². The van der Waals surface area contributed by atoms with Crippen molar-refractivity contribution in [2.24, 2.45) is 5.92 Å². The zero-order valence-corrected chi connectivity index (χ0v) is 14.4. The molecule has 126 valence electrons. The smallest absolute Gasteiger partial charge is 0.251 e. The van der Waals surface area contributed by atoms with Crippen LogP contribution in [0.2, 0.25) is 0 Å². The Balaban J connectivity index is 2.12. The fourth-order valence-electron chi connectivity index (χ4n) is 2.46. The topological polar surface area (TPSA) is 58.2 Å². The van der Waals surface area contributed by atoms with E-state index in [1.807, 2.05) is 51.1 Å². The Kier molecular flexibility index (Phi) is 6.13. The van der Waals surface area contributed by atoms with Crippen LogP contribution in [-0.2, 0) is 4.79 Å². The quantitative estimate of drug-likeness (QED) is 0.849. The summed E-state index contributed by atoms with van der Waals surface area (Å²) in [6, 6.07) is 16.0. The van der Waals surface area contributed by atoms with Crippen LogP contribution in [-0.4, -0.2) is 17.9 Å². The molecule has 0 heterocycles. The van der Waals surface area contributed by atoms with Gasteiger partial charge >= 0.3 is 0 Å². The maximum Gasteiger partial charge on any atom is 0.251 e. The maximum absolute atomic E-state index is 12.7. The highest BCUT2D eigenvalue weighted by Gasteiger charge is 2.26. The third kappa shape index (κ3) is 4.69. The lowest BCUT2D eigenvalue weighted by Gasteiger charge is -2.23. The lowest BCUT2D eigenvalue weighted by Crippen LogP contribution is -2.47. The first-order valence-electron chi connectivity index (χ1n) is 8.24. The van der Waals surface area contributed by atoms with E-state index in [0.29, 0.717) is 5.56 Å². The zero-order valence-electron chi connectivity index (χ0n) is 14.4. The molecule has 0 radical (unpaired) electrons. The number of benzene rings is 2. The Morgan fingerprint density at radius 2 is 1.75 bits per heavy atom. The Morgan fingerprint density at radius 1 is 1.04 bits per heavy atom. The summed E-state index contributed by atoms with van der Waals surface area (Å²) in [6.45, 7) is 5.94. The van der Waals surface area contributed by atoms with Gasteiger partial charge in [-0.15, -0.1) is 0 Å². The summed E-state index contributed by atoms with van der Waals surface area (Å²) in [5.41, 5.74) is 2.36. The van der Waals surface area contributed by atoms with Crippen molar-refractivity contribution in [3.05, 3.63) is 65.7 Å². The van der Waals surface area contributed by atoms with E-state index in [1.54, 1.807) is 24.3 Å². The minimum Gasteiger partial charge on any atom is -0.340 e. The standard InChI is InChI=1S/C20H24N2O2/c1-4-15(3)18(22-19(23)16-10-6-5-7-11-16)20(24)21-17-12-8-9-14(2)13-17/h5-13,15,18H,4H2,1-3H3,(H,21,24)(H,22,23). The van der Waals surface area contributed by atoms with E-state index in [9.17, 15) is 9.59 Å². The molecule has 2 rings (SSSR count). The minimum atomic E-state index is -0.580. The predicted molar refractivity (Wildman–Crippen MR) is 97.0 cm³/mol. The molecule has 0 bridgehead atoms. The second-order valence-corrected chi connectivity index (χ2v) is 6.06. The molecular weight excluding hydrogens is 300 g/mol. The second-order valence-electron chi connectivity index (χ2n) is 6.06. The number of aryl methyl sites for hydroxylation is 1. The van der Waals surface area contributed by atoms with Crippen LogP contribution >= 0.6 is 0 Å². The summed E-state index contributed by atoms with van der Waals surface area (Å²) in [5, 5.41) is 5.77. The van der Waals surface area contributed by atoms with Gasteiger partial charge in [-0.1, -0.05) is 50.6 Å². The number of anilines is 1. The van der Waals surface area contributed by atoms with Crippen molar-refractivity contribution in [3.63, 3.8) is 0 Å². The minimum absolute atomic E-state index is 0.0301. The zero-order chi connectivity index (χ0) is 17.5. The highest BCUT2D eigenvalue weighted by Crippen LogP contribution is 2.14. The van der Waals surface area contributed by atoms with Crippen molar-refractivity contribution in [2.45, 2.75) is 33.2 Å². The molecule has 0 spiro atoms. The molecule has 0 aliphatic rings. The van der Waals surface area contributed by atoms with E-state index < -0.39 is 6.04 Å². The average Bonchev–Trinajstić information content (AvgIpc) is 2.59. The van der Waals surface area contributed by atoms with E-state index in [0.717, 1.165) is 17.7 Å². The first-order chi connectivity index (χ1) is 11.5. The molecule has 2 atom stereocenters. The Labute approximate surface area is 143 Å². The van der Waals surface area contributed by atoms with E-state index >= 15 is 0 Å². The van der Waals surface area contributed by atoms with Crippen LogP contribution in [0.15, 0.2) is 54.6 Å². The molecule has 24 heavy (non-hydrogen) atoms. The molecule has 0 saturated heterocycles. The Bertz CT molecular complexity index is 698. The van der Waals surface area contributed by atoms with Gasteiger partial charge in [0.15, 0.2) is 0 Å². The third-order valence-electron chi connectivity index (χ3n) is 4.10. The van der Waals surface area contributed by atoms with Crippen molar-refractivity contribution >= 4 is 17.5 Å². The summed E-state index contributed by atoms with van der Waals surface area (Å²) in [4.78, 5) is 25.1. The Morgan fingerprint density at radius 3 is 2.38 bits per heavy atom. The van der Waals surface area contributed by atoms with Gasteiger partial charge in [-0.2, -0.15) is 0 Å². The number of rotatable bonds is 6. The van der Waals surface area contributed by atoms with Crippen LogP contribution in [0.5, 0.6) is 0 Å². The molecule has 0 aliphatic carbocycles. The first-order valence-corrected chi connectivity index (χ1v) is 8.24. The molecule has 2 aromatic rings. The van der Waals surface area contributed by atoms with Crippen molar-refractivity contribution in [1.82, 2.24) is 5.32 Å². The number of amides is 2. The lowest BCUT2D eigenvalue weighted by atomic mass is 9.97. The largest absolute Gasteiger partial charge is 0.340 e. The van der Waals surface area contributed by atoms with E-state index in [2.05, 4.69) is 10.6 Å². The summed E-state index contributed by atoms with van der Waals surface area (Å²) < 4.78 is 0. The second kappa shape index (κ2) is 8.29. The molecule has 0 fully saturated rings. The van der Waals surface area contributed by atoms with Crippen molar-refractivity contribution in [3.8, 4) is 0 Å². The van der Waals surface area contributed by atoms with Gasteiger partial charge in [0.2, 0.25) is 5.91 Å². The number of hydrogen-bond donors (Lipinski definition) is 2. The highest BCUT2D eigenvalue weighted by atomic mass is 16.2. The molecular formula is C20H24N2O2. The van der Waals surface area contributed by atoms with Crippen molar-refractivity contribution < 1.29 is 9.59 Å². The molecule has 2 N–H and O–H groups in total. The fraction of sp³-hybridized carbons (Fsp3) is 0.300. The summed E-state index contributed by atoms with van der Waals surface area (Å²) in [6.07, 6.45) is 0.793. The number of carbonyl (C=O) groups excluding carboxylic acids is 2. The van der Waals surface area contributed by atoms with Gasteiger partial charge in [0, 0.05) is 11.3 Å². The van der Waals surface area contributed by atoms with Crippen LogP contribution in [0.1, 0.15) is 36.2 Å². The maximum atomic E-state index is 12.7. The SMILES string of the molecule is CCC(C)C(NC(=O)c1ccccc1)C(=O)Nc1cccc(C)c1. The molecule has 4 nitrogen and oxygen atoms in total. The number of nitrogens with one attached hydrogen (secondary N) is 2. The molecule has 2 aromatic carbocycles. The molecule has 0 saturated carbocycles. The number of hydrogen-bond acceptors (Lipinski definition) is 2. The van der Waals surface area contributed by atoms with Crippen LogP contribution in [0.25, 0.3) is 0 Å². The summed E-state index contributed by atoms with van der Waals surface area (Å²) in [5.74, 6) is -0.401. The van der Waals surface area contributed by atoms with Crippen LogP contribution in [0.4, 0.5) is 5.69 Å². The van der Waals surface area contributed by atoms with Crippen LogP contribution in [0, 0.1) is 12.8 Å². The summed E-state index contributed by atoms with van der Waals surface area (Å²) >= 11 is 0. The van der Waals surface area contributed by atoms with Gasteiger partial charge in [0.25, 0.3) is 5.91 Å². The summed E-state index contributed by atoms with van der Waals surface area (Å²) in [7, 11) is 0. The van der Waals surface area contributed by atoms with Crippen molar-refractivity contribution in [2.75, 3.05) is 5.32 Å². The van der Waals surface area contributed by atoms with Gasteiger partial charge in [-0.05, 0) is 42.7 Å². The first kappa shape index (κ1) is 17.7.